The number of fused-ring (bicyclic) bond motifs is 1. The first-order valence-electron chi connectivity index (χ1n) is 3.75. The minimum Gasteiger partial charge on any atom is -0.378 e. The average Bonchev–Trinajstić information content (AvgIpc) is 1.86. The van der Waals surface area contributed by atoms with Crippen LogP contribution in [0, 0.1) is 5.92 Å². The molecule has 52 valence electrons. The van der Waals surface area contributed by atoms with Gasteiger partial charge in [0, 0.05) is 18.6 Å². The molecule has 1 saturated carbocycles. The SMILES string of the molecule is N[C@@H]1C[C@@H]2OCCC[C@H]12. The lowest BCUT2D eigenvalue weighted by atomic mass is 9.73. The van der Waals surface area contributed by atoms with Gasteiger partial charge < -0.3 is 10.5 Å². The second kappa shape index (κ2) is 1.96. The molecule has 2 N–H and O–H groups in total. The summed E-state index contributed by atoms with van der Waals surface area (Å²) in [4.78, 5) is 0. The summed E-state index contributed by atoms with van der Waals surface area (Å²) in [7, 11) is 0. The van der Waals surface area contributed by atoms with E-state index in [1.807, 2.05) is 0 Å². The summed E-state index contributed by atoms with van der Waals surface area (Å²) < 4.78 is 5.47. The van der Waals surface area contributed by atoms with E-state index >= 15 is 0 Å². The Kier molecular flexibility index (Phi) is 1.24. The van der Waals surface area contributed by atoms with Crippen LogP contribution in [0.25, 0.3) is 0 Å². The minimum absolute atomic E-state index is 0.454. The van der Waals surface area contributed by atoms with Crippen LogP contribution in [0.1, 0.15) is 19.3 Å². The van der Waals surface area contributed by atoms with Gasteiger partial charge in [-0.25, -0.2) is 0 Å². The average molecular weight is 127 g/mol. The first-order chi connectivity index (χ1) is 4.38. The molecule has 1 aliphatic carbocycles. The topological polar surface area (TPSA) is 35.2 Å². The highest BCUT2D eigenvalue weighted by molar-refractivity contribution is 4.94. The fourth-order valence-corrected chi connectivity index (χ4v) is 1.84. The van der Waals surface area contributed by atoms with Crippen molar-refractivity contribution >= 4 is 0 Å². The number of rotatable bonds is 0. The van der Waals surface area contributed by atoms with E-state index in [9.17, 15) is 0 Å². The Morgan fingerprint density at radius 3 is 2.89 bits per heavy atom. The van der Waals surface area contributed by atoms with Gasteiger partial charge >= 0.3 is 0 Å². The number of hydrogen-bond donors (Lipinski definition) is 1. The third-order valence-electron chi connectivity index (χ3n) is 2.55. The van der Waals surface area contributed by atoms with E-state index in [0.717, 1.165) is 13.0 Å². The Balaban J connectivity index is 1.94. The van der Waals surface area contributed by atoms with Gasteiger partial charge in [0.2, 0.25) is 0 Å². The Bertz CT molecular complexity index is 113. The van der Waals surface area contributed by atoms with E-state index in [4.69, 9.17) is 10.5 Å². The second-order valence-corrected chi connectivity index (χ2v) is 3.11. The predicted molar refractivity (Wildman–Crippen MR) is 35.1 cm³/mol. The predicted octanol–water partition coefficient (Wildman–Crippen LogP) is 0.513. The molecule has 2 rings (SSSR count). The molecule has 0 amide bonds. The molecular formula is C7H13NO. The smallest absolute Gasteiger partial charge is 0.0632 e. The summed E-state index contributed by atoms with van der Waals surface area (Å²) in [5, 5.41) is 0. The van der Waals surface area contributed by atoms with Crippen LogP contribution in [-0.4, -0.2) is 18.8 Å². The molecular weight excluding hydrogens is 114 g/mol. The van der Waals surface area contributed by atoms with Crippen LogP contribution in [0.3, 0.4) is 0 Å². The molecule has 1 heterocycles. The summed E-state index contributed by atoms with van der Waals surface area (Å²) in [5.74, 6) is 0.707. The highest BCUT2D eigenvalue weighted by Crippen LogP contribution is 2.36. The molecule has 0 aromatic carbocycles. The molecule has 2 aliphatic rings. The van der Waals surface area contributed by atoms with Crippen molar-refractivity contribution < 1.29 is 4.74 Å². The first-order valence-corrected chi connectivity index (χ1v) is 3.75. The molecule has 9 heavy (non-hydrogen) atoms. The highest BCUT2D eigenvalue weighted by Gasteiger charge is 2.40. The Morgan fingerprint density at radius 1 is 1.44 bits per heavy atom. The van der Waals surface area contributed by atoms with Crippen LogP contribution < -0.4 is 5.73 Å². The largest absolute Gasteiger partial charge is 0.378 e. The van der Waals surface area contributed by atoms with Gasteiger partial charge in [0.05, 0.1) is 6.10 Å². The molecule has 1 aliphatic heterocycles. The Hall–Kier alpha value is -0.0800. The number of nitrogens with two attached hydrogens (primary N) is 1. The molecule has 1 saturated heterocycles. The van der Waals surface area contributed by atoms with E-state index < -0.39 is 0 Å². The zero-order chi connectivity index (χ0) is 6.27. The fourth-order valence-electron chi connectivity index (χ4n) is 1.84. The molecule has 2 nitrogen and oxygen atoms in total. The zero-order valence-electron chi connectivity index (χ0n) is 5.55. The summed E-state index contributed by atoms with van der Waals surface area (Å²) in [5.41, 5.74) is 5.75. The first kappa shape index (κ1) is 5.69. The van der Waals surface area contributed by atoms with Crippen molar-refractivity contribution in [3.63, 3.8) is 0 Å². The normalized spacial score (nSPS) is 49.7. The van der Waals surface area contributed by atoms with Crippen LogP contribution in [0.15, 0.2) is 0 Å². The molecule has 2 heteroatoms. The molecule has 0 radical (unpaired) electrons. The standard InChI is InChI=1S/C7H13NO/c8-6-4-7-5(6)2-1-3-9-7/h5-7H,1-4,8H2/t5-,6-,7+/m1/s1. The molecule has 2 fully saturated rings. The molecule has 0 bridgehead atoms. The van der Waals surface area contributed by atoms with Crippen molar-refractivity contribution in [1.82, 2.24) is 0 Å². The van der Waals surface area contributed by atoms with Crippen LogP contribution in [0.4, 0.5) is 0 Å². The van der Waals surface area contributed by atoms with Crippen molar-refractivity contribution in [2.45, 2.75) is 31.4 Å². The van der Waals surface area contributed by atoms with Crippen LogP contribution in [0.5, 0.6) is 0 Å². The molecule has 0 aromatic rings. The van der Waals surface area contributed by atoms with Crippen molar-refractivity contribution in [2.75, 3.05) is 6.61 Å². The van der Waals surface area contributed by atoms with Gasteiger partial charge in [0.15, 0.2) is 0 Å². The number of ether oxygens (including phenoxy) is 1. The third-order valence-corrected chi connectivity index (χ3v) is 2.55. The van der Waals surface area contributed by atoms with Crippen molar-refractivity contribution in [3.05, 3.63) is 0 Å². The minimum atomic E-state index is 0.454. The Labute approximate surface area is 55.4 Å². The Morgan fingerprint density at radius 2 is 2.33 bits per heavy atom. The van der Waals surface area contributed by atoms with Gasteiger partial charge in [0.1, 0.15) is 0 Å². The lowest BCUT2D eigenvalue weighted by Gasteiger charge is -2.45. The third kappa shape index (κ3) is 0.775. The molecule has 0 unspecified atom stereocenters. The van der Waals surface area contributed by atoms with Crippen molar-refractivity contribution in [1.29, 1.82) is 0 Å². The van der Waals surface area contributed by atoms with Crippen LogP contribution in [-0.2, 0) is 4.74 Å². The maximum atomic E-state index is 5.75. The van der Waals surface area contributed by atoms with Crippen molar-refractivity contribution in [2.24, 2.45) is 11.7 Å². The lowest BCUT2D eigenvalue weighted by Crippen LogP contribution is -2.54. The van der Waals surface area contributed by atoms with Crippen molar-refractivity contribution in [3.8, 4) is 0 Å². The van der Waals surface area contributed by atoms with E-state index in [0.29, 0.717) is 18.1 Å². The van der Waals surface area contributed by atoms with Gasteiger partial charge in [-0.2, -0.15) is 0 Å². The van der Waals surface area contributed by atoms with E-state index in [1.54, 1.807) is 0 Å². The summed E-state index contributed by atoms with van der Waals surface area (Å²) >= 11 is 0. The summed E-state index contributed by atoms with van der Waals surface area (Å²) in [6.45, 7) is 0.966. The highest BCUT2D eigenvalue weighted by atomic mass is 16.5. The maximum absolute atomic E-state index is 5.75. The van der Waals surface area contributed by atoms with Gasteiger partial charge in [-0.05, 0) is 19.3 Å². The van der Waals surface area contributed by atoms with E-state index in [2.05, 4.69) is 0 Å². The number of hydrogen-bond acceptors (Lipinski definition) is 2. The molecule has 3 atom stereocenters. The van der Waals surface area contributed by atoms with Gasteiger partial charge in [0.25, 0.3) is 0 Å². The van der Waals surface area contributed by atoms with Gasteiger partial charge in [-0.1, -0.05) is 0 Å². The zero-order valence-corrected chi connectivity index (χ0v) is 5.55. The van der Waals surface area contributed by atoms with Gasteiger partial charge in [-0.3, -0.25) is 0 Å². The van der Waals surface area contributed by atoms with Gasteiger partial charge in [-0.15, -0.1) is 0 Å². The summed E-state index contributed by atoms with van der Waals surface area (Å²) in [6, 6.07) is 0.454. The fraction of sp³-hybridized carbons (Fsp3) is 1.00. The molecule has 0 aromatic heterocycles. The quantitative estimate of drug-likeness (QED) is 0.514. The summed E-state index contributed by atoms with van der Waals surface area (Å²) in [6.07, 6.45) is 4.15. The lowest BCUT2D eigenvalue weighted by molar-refractivity contribution is -0.0943. The monoisotopic (exact) mass is 127 g/mol. The van der Waals surface area contributed by atoms with Crippen LogP contribution >= 0.6 is 0 Å². The van der Waals surface area contributed by atoms with E-state index in [-0.39, 0.29) is 0 Å². The maximum Gasteiger partial charge on any atom is 0.0632 e. The van der Waals surface area contributed by atoms with E-state index in [1.165, 1.54) is 12.8 Å². The second-order valence-electron chi connectivity index (χ2n) is 3.11. The molecule has 0 spiro atoms. The van der Waals surface area contributed by atoms with Crippen LogP contribution in [0.2, 0.25) is 0 Å².